The molecule has 0 unspecified atom stereocenters. The average Bonchev–Trinajstić information content (AvgIpc) is 3.28. The van der Waals surface area contributed by atoms with E-state index in [2.05, 4.69) is 0 Å². The fraction of sp³-hybridized carbons (Fsp3) is 0.185. The quantitative estimate of drug-likeness (QED) is 0.194. The largest absolute Gasteiger partial charge is 0.495 e. The molecule has 0 aromatic heterocycles. The Hall–Kier alpha value is -3.59. The van der Waals surface area contributed by atoms with Crippen molar-refractivity contribution in [2.45, 2.75) is 6.42 Å². The summed E-state index contributed by atoms with van der Waals surface area (Å²) in [5.74, 6) is -2.22. The van der Waals surface area contributed by atoms with Gasteiger partial charge in [0.1, 0.15) is 11.5 Å². The van der Waals surface area contributed by atoms with Gasteiger partial charge in [-0.2, -0.15) is 0 Å². The van der Waals surface area contributed by atoms with Gasteiger partial charge in [-0.3, -0.25) is 14.4 Å². The van der Waals surface area contributed by atoms with Gasteiger partial charge in [0.25, 0.3) is 0 Å². The number of rotatable bonds is 8. The van der Waals surface area contributed by atoms with E-state index >= 15 is 0 Å². The fourth-order valence-electron chi connectivity index (χ4n) is 3.84. The first-order valence-corrected chi connectivity index (χ1v) is 12.4. The summed E-state index contributed by atoms with van der Waals surface area (Å²) >= 11 is 17.9. The van der Waals surface area contributed by atoms with Crippen molar-refractivity contribution in [3.63, 3.8) is 0 Å². The molecule has 0 radical (unpaired) electrons. The summed E-state index contributed by atoms with van der Waals surface area (Å²) in [5, 5.41) is 0.947. The maximum atomic E-state index is 12.6. The van der Waals surface area contributed by atoms with Crippen LogP contribution in [0.4, 0.5) is 5.69 Å². The highest BCUT2D eigenvalue weighted by molar-refractivity contribution is 6.36. The SMILES string of the molecule is COc1ccc(Cl)cc1N1C[C@@H](C(=O)OCC(=O)c2ccc(OC(=O)c3ccc(Cl)cc3Cl)cc2)CC1=O. The number of methoxy groups -OCH3 is 1. The van der Waals surface area contributed by atoms with Crippen molar-refractivity contribution < 1.29 is 33.4 Å². The van der Waals surface area contributed by atoms with Gasteiger partial charge >= 0.3 is 11.9 Å². The molecule has 1 aliphatic rings. The molecule has 0 N–H and O–H groups in total. The Morgan fingerprint density at radius 1 is 0.947 bits per heavy atom. The molecule has 38 heavy (non-hydrogen) atoms. The minimum Gasteiger partial charge on any atom is -0.495 e. The van der Waals surface area contributed by atoms with Crippen LogP contribution < -0.4 is 14.4 Å². The van der Waals surface area contributed by atoms with Gasteiger partial charge in [0.2, 0.25) is 5.91 Å². The molecule has 0 saturated carbocycles. The van der Waals surface area contributed by atoms with Crippen molar-refractivity contribution in [1.82, 2.24) is 0 Å². The van der Waals surface area contributed by atoms with E-state index in [9.17, 15) is 19.2 Å². The maximum absolute atomic E-state index is 12.6. The molecule has 1 aliphatic heterocycles. The highest BCUT2D eigenvalue weighted by Gasteiger charge is 2.37. The lowest BCUT2D eigenvalue weighted by molar-refractivity contribution is -0.147. The monoisotopic (exact) mass is 575 g/mol. The number of ether oxygens (including phenoxy) is 3. The Labute approximate surface area is 232 Å². The van der Waals surface area contributed by atoms with Crippen LogP contribution in [0.1, 0.15) is 27.1 Å². The standard InChI is InChI=1S/C27H20Cl3NO7/c1-36-24-9-5-18(29)12-22(24)31-13-16(10-25(31)33)26(34)37-14-23(32)15-2-6-19(7-3-15)38-27(35)20-8-4-17(28)11-21(20)30/h2-9,11-12,16H,10,13-14H2,1H3/t16-/m0/s1. The number of ketones is 1. The van der Waals surface area contributed by atoms with Crippen LogP contribution in [0.25, 0.3) is 0 Å². The van der Waals surface area contributed by atoms with E-state index in [0.29, 0.717) is 21.5 Å². The van der Waals surface area contributed by atoms with Crippen LogP contribution in [0.2, 0.25) is 15.1 Å². The third kappa shape index (κ3) is 6.27. The van der Waals surface area contributed by atoms with Gasteiger partial charge in [0.05, 0.1) is 29.3 Å². The molecule has 1 saturated heterocycles. The van der Waals surface area contributed by atoms with Gasteiger partial charge in [0.15, 0.2) is 12.4 Å². The van der Waals surface area contributed by atoms with Crippen LogP contribution in [0.15, 0.2) is 60.7 Å². The second kappa shape index (κ2) is 11.9. The number of hydrogen-bond donors (Lipinski definition) is 0. The second-order valence-corrected chi connectivity index (χ2v) is 9.57. The fourth-order valence-corrected chi connectivity index (χ4v) is 4.49. The number of carbonyl (C=O) groups excluding carboxylic acids is 4. The lowest BCUT2D eigenvalue weighted by Crippen LogP contribution is -2.27. The van der Waals surface area contributed by atoms with E-state index in [-0.39, 0.29) is 40.8 Å². The van der Waals surface area contributed by atoms with E-state index in [1.807, 2.05) is 0 Å². The predicted octanol–water partition coefficient (Wildman–Crippen LogP) is 5.65. The normalized spacial score (nSPS) is 14.8. The summed E-state index contributed by atoms with van der Waals surface area (Å²) < 4.78 is 15.8. The molecule has 3 aromatic rings. The summed E-state index contributed by atoms with van der Waals surface area (Å²) in [7, 11) is 1.47. The van der Waals surface area contributed by atoms with Crippen LogP contribution in [0, 0.1) is 5.92 Å². The molecule has 11 heteroatoms. The van der Waals surface area contributed by atoms with E-state index in [4.69, 9.17) is 49.0 Å². The number of benzene rings is 3. The zero-order chi connectivity index (χ0) is 27.4. The van der Waals surface area contributed by atoms with Gasteiger partial charge < -0.3 is 19.1 Å². The third-order valence-corrected chi connectivity index (χ3v) is 6.56. The Morgan fingerprint density at radius 2 is 1.63 bits per heavy atom. The van der Waals surface area contributed by atoms with Crippen LogP contribution in [-0.2, 0) is 14.3 Å². The molecule has 1 atom stereocenters. The Kier molecular flexibility index (Phi) is 8.56. The van der Waals surface area contributed by atoms with Crippen LogP contribution in [0.3, 0.4) is 0 Å². The smallest absolute Gasteiger partial charge is 0.345 e. The van der Waals surface area contributed by atoms with Crippen LogP contribution >= 0.6 is 34.8 Å². The van der Waals surface area contributed by atoms with Gasteiger partial charge in [-0.25, -0.2) is 4.79 Å². The van der Waals surface area contributed by atoms with Crippen LogP contribution in [-0.4, -0.2) is 43.9 Å². The number of Topliss-reactive ketones (excluding diaryl/α,β-unsaturated/α-hetero) is 1. The summed E-state index contributed by atoms with van der Waals surface area (Å²) in [6.07, 6.45) is -0.0691. The van der Waals surface area contributed by atoms with Gasteiger partial charge in [-0.15, -0.1) is 0 Å². The minimum atomic E-state index is -0.750. The van der Waals surface area contributed by atoms with Crippen molar-refractivity contribution in [3.05, 3.63) is 86.9 Å². The van der Waals surface area contributed by atoms with Crippen molar-refractivity contribution >= 4 is 64.1 Å². The number of hydrogen-bond acceptors (Lipinski definition) is 7. The van der Waals surface area contributed by atoms with Crippen molar-refractivity contribution in [1.29, 1.82) is 0 Å². The first kappa shape index (κ1) is 27.4. The average molecular weight is 577 g/mol. The van der Waals surface area contributed by atoms with Crippen molar-refractivity contribution in [3.8, 4) is 11.5 Å². The number of amides is 1. The lowest BCUT2D eigenvalue weighted by Gasteiger charge is -2.19. The summed E-state index contributed by atoms with van der Waals surface area (Å²) in [5.41, 5.74) is 0.839. The molecule has 1 heterocycles. The predicted molar refractivity (Wildman–Crippen MR) is 142 cm³/mol. The zero-order valence-electron chi connectivity index (χ0n) is 19.9. The molecular weight excluding hydrogens is 557 g/mol. The lowest BCUT2D eigenvalue weighted by atomic mass is 10.1. The number of nitrogens with zero attached hydrogens (tertiary/aromatic N) is 1. The molecule has 0 bridgehead atoms. The Bertz CT molecular complexity index is 1410. The molecule has 0 aliphatic carbocycles. The first-order valence-electron chi connectivity index (χ1n) is 11.3. The number of halogens is 3. The Balaban J connectivity index is 1.32. The van der Waals surface area contributed by atoms with E-state index in [1.54, 1.807) is 18.2 Å². The zero-order valence-corrected chi connectivity index (χ0v) is 22.2. The highest BCUT2D eigenvalue weighted by Crippen LogP contribution is 2.35. The van der Waals surface area contributed by atoms with Crippen molar-refractivity contribution in [2.24, 2.45) is 5.92 Å². The molecule has 1 fully saturated rings. The third-order valence-electron chi connectivity index (χ3n) is 5.77. The minimum absolute atomic E-state index is 0.0691. The summed E-state index contributed by atoms with van der Waals surface area (Å²) in [6.45, 7) is -0.441. The van der Waals surface area contributed by atoms with Gasteiger partial charge in [-0.05, 0) is 60.7 Å². The van der Waals surface area contributed by atoms with Gasteiger partial charge in [-0.1, -0.05) is 34.8 Å². The first-order chi connectivity index (χ1) is 18.2. The highest BCUT2D eigenvalue weighted by atomic mass is 35.5. The van der Waals surface area contributed by atoms with E-state index < -0.39 is 30.2 Å². The molecule has 0 spiro atoms. The maximum Gasteiger partial charge on any atom is 0.345 e. The summed E-state index contributed by atoms with van der Waals surface area (Å²) in [4.78, 5) is 51.5. The van der Waals surface area contributed by atoms with Crippen molar-refractivity contribution in [2.75, 3.05) is 25.2 Å². The van der Waals surface area contributed by atoms with Crippen LogP contribution in [0.5, 0.6) is 11.5 Å². The molecule has 1 amide bonds. The molecular formula is C27H20Cl3NO7. The topological polar surface area (TPSA) is 99.2 Å². The van der Waals surface area contributed by atoms with Gasteiger partial charge in [0, 0.05) is 28.6 Å². The molecule has 3 aromatic carbocycles. The number of esters is 2. The number of carbonyl (C=O) groups is 4. The van der Waals surface area contributed by atoms with E-state index in [1.165, 1.54) is 54.5 Å². The number of anilines is 1. The Morgan fingerprint density at radius 3 is 2.32 bits per heavy atom. The molecule has 196 valence electrons. The molecule has 8 nitrogen and oxygen atoms in total. The molecule has 4 rings (SSSR count). The summed E-state index contributed by atoms with van der Waals surface area (Å²) in [6, 6.07) is 15.0. The second-order valence-electron chi connectivity index (χ2n) is 8.29. The van der Waals surface area contributed by atoms with E-state index in [0.717, 1.165) is 0 Å².